The van der Waals surface area contributed by atoms with Crippen molar-refractivity contribution in [3.8, 4) is 0 Å². The van der Waals surface area contributed by atoms with Gasteiger partial charge >= 0.3 is 5.97 Å². The fraction of sp³-hybridized carbons (Fsp3) is 0.294. The highest BCUT2D eigenvalue weighted by atomic mass is 19.1. The number of likely N-dealkylation sites (N-methyl/N-ethyl adjacent to an activating group) is 2. The Balaban J connectivity index is 1.77. The lowest BCUT2D eigenvalue weighted by atomic mass is 10.2. The molecule has 0 atom stereocenters. The maximum absolute atomic E-state index is 13.1. The normalized spacial score (nSPS) is 10.2. The molecule has 0 bridgehead atoms. The summed E-state index contributed by atoms with van der Waals surface area (Å²) in [5, 5.41) is 0. The number of halogens is 1. The van der Waals surface area contributed by atoms with Gasteiger partial charge in [-0.25, -0.2) is 14.4 Å². The minimum Gasteiger partial charge on any atom is -0.454 e. The number of hydrogen-bond donors (Lipinski definition) is 0. The van der Waals surface area contributed by atoms with E-state index in [1.54, 1.807) is 44.7 Å². The zero-order chi connectivity index (χ0) is 18.2. The van der Waals surface area contributed by atoms with Gasteiger partial charge in [-0.1, -0.05) is 12.1 Å². The first-order valence-corrected chi connectivity index (χ1v) is 7.58. The van der Waals surface area contributed by atoms with Gasteiger partial charge in [0.1, 0.15) is 12.4 Å². The van der Waals surface area contributed by atoms with Crippen LogP contribution in [0.15, 0.2) is 42.7 Å². The molecule has 1 aromatic carbocycles. The highest BCUT2D eigenvalue weighted by molar-refractivity contribution is 5.81. The van der Waals surface area contributed by atoms with Gasteiger partial charge in [-0.2, -0.15) is 0 Å². The van der Waals surface area contributed by atoms with Gasteiger partial charge in [-0.15, -0.1) is 0 Å². The number of anilines is 1. The molecule has 2 rings (SSSR count). The Morgan fingerprint density at radius 2 is 1.88 bits per heavy atom. The van der Waals surface area contributed by atoms with Crippen LogP contribution in [0, 0.1) is 5.82 Å². The maximum Gasteiger partial charge on any atom is 0.326 e. The van der Waals surface area contributed by atoms with Crippen LogP contribution < -0.4 is 4.90 Å². The van der Waals surface area contributed by atoms with Gasteiger partial charge < -0.3 is 14.5 Å². The second-order valence-corrected chi connectivity index (χ2v) is 5.45. The van der Waals surface area contributed by atoms with Crippen LogP contribution in [0.5, 0.6) is 0 Å². The summed E-state index contributed by atoms with van der Waals surface area (Å²) in [5.41, 5.74) is 0.656. The van der Waals surface area contributed by atoms with Gasteiger partial charge in [0.15, 0.2) is 6.61 Å². The minimum atomic E-state index is -0.567. The van der Waals surface area contributed by atoms with E-state index in [4.69, 9.17) is 4.74 Å². The monoisotopic (exact) mass is 346 g/mol. The molecular formula is C17H19FN4O3. The van der Waals surface area contributed by atoms with Crippen LogP contribution in [0.4, 0.5) is 10.3 Å². The van der Waals surface area contributed by atoms with E-state index in [0.717, 1.165) is 0 Å². The lowest BCUT2D eigenvalue weighted by Gasteiger charge is -2.18. The molecular weight excluding hydrogens is 327 g/mol. The molecule has 25 heavy (non-hydrogen) atoms. The molecule has 0 saturated carbocycles. The maximum atomic E-state index is 13.1. The Morgan fingerprint density at radius 3 is 2.56 bits per heavy atom. The molecule has 1 aromatic heterocycles. The van der Waals surface area contributed by atoms with Gasteiger partial charge in [-0.3, -0.25) is 9.59 Å². The molecule has 0 spiro atoms. The molecule has 0 saturated heterocycles. The van der Waals surface area contributed by atoms with Crippen molar-refractivity contribution in [2.75, 3.05) is 32.1 Å². The van der Waals surface area contributed by atoms with Gasteiger partial charge in [0, 0.05) is 33.0 Å². The number of rotatable bonds is 7. The highest BCUT2D eigenvalue weighted by Gasteiger charge is 2.15. The Labute approximate surface area is 145 Å². The summed E-state index contributed by atoms with van der Waals surface area (Å²) in [6.45, 7) is -0.231. The number of nitrogens with zero attached hydrogens (tertiary/aromatic N) is 4. The summed E-state index contributed by atoms with van der Waals surface area (Å²) in [4.78, 5) is 34.7. The number of hydrogen-bond acceptors (Lipinski definition) is 6. The molecule has 0 aliphatic rings. The molecule has 8 heteroatoms. The number of carbonyl (C=O) groups is 2. The summed E-state index contributed by atoms with van der Waals surface area (Å²) in [7, 11) is 3.21. The van der Waals surface area contributed by atoms with E-state index in [-0.39, 0.29) is 31.4 Å². The van der Waals surface area contributed by atoms with Gasteiger partial charge in [-0.05, 0) is 23.8 Å². The average molecular weight is 346 g/mol. The molecule has 0 aliphatic heterocycles. The van der Waals surface area contributed by atoms with Crippen molar-refractivity contribution in [1.29, 1.82) is 0 Å². The van der Waals surface area contributed by atoms with Crippen molar-refractivity contribution in [1.82, 2.24) is 14.9 Å². The minimum absolute atomic E-state index is 0.0785. The largest absolute Gasteiger partial charge is 0.454 e. The zero-order valence-electron chi connectivity index (χ0n) is 14.1. The first kappa shape index (κ1) is 18.3. The zero-order valence-corrected chi connectivity index (χ0v) is 14.1. The Bertz CT molecular complexity index is 727. The van der Waals surface area contributed by atoms with E-state index in [1.807, 2.05) is 0 Å². The summed E-state index contributed by atoms with van der Waals surface area (Å²) in [6.07, 6.45) is 3.13. The molecule has 1 amide bonds. The van der Waals surface area contributed by atoms with Crippen LogP contribution in [-0.2, 0) is 20.9 Å². The fourth-order valence-corrected chi connectivity index (χ4v) is 2.05. The second-order valence-electron chi connectivity index (χ2n) is 5.45. The number of esters is 1. The molecule has 0 unspecified atom stereocenters. The van der Waals surface area contributed by atoms with Crippen LogP contribution in [0.25, 0.3) is 0 Å². The molecule has 7 nitrogen and oxygen atoms in total. The molecule has 0 aliphatic carbocycles. The molecule has 0 radical (unpaired) electrons. The Kier molecular flexibility index (Phi) is 6.39. The van der Waals surface area contributed by atoms with E-state index in [1.165, 1.54) is 21.9 Å². The van der Waals surface area contributed by atoms with Crippen LogP contribution >= 0.6 is 0 Å². The second kappa shape index (κ2) is 8.72. The van der Waals surface area contributed by atoms with Crippen molar-refractivity contribution >= 4 is 17.8 Å². The van der Waals surface area contributed by atoms with E-state index in [0.29, 0.717) is 11.5 Å². The van der Waals surface area contributed by atoms with Crippen LogP contribution in [-0.4, -0.2) is 54.0 Å². The predicted octanol–water partition coefficient (Wildman–Crippen LogP) is 1.25. The quantitative estimate of drug-likeness (QED) is 0.703. The number of aromatic nitrogens is 2. The van der Waals surface area contributed by atoms with Gasteiger partial charge in [0.25, 0.3) is 5.91 Å². The van der Waals surface area contributed by atoms with E-state index < -0.39 is 5.97 Å². The SMILES string of the molecule is CN(Cc1cccc(F)c1)C(=O)COC(=O)CN(C)c1ncccn1. The summed E-state index contributed by atoms with van der Waals surface area (Å²) >= 11 is 0. The first-order chi connectivity index (χ1) is 12.0. The third-order valence-electron chi connectivity index (χ3n) is 3.35. The number of carbonyl (C=O) groups excluding carboxylic acids is 2. The summed E-state index contributed by atoms with van der Waals surface area (Å²) < 4.78 is 18.1. The van der Waals surface area contributed by atoms with Crippen molar-refractivity contribution in [3.63, 3.8) is 0 Å². The van der Waals surface area contributed by atoms with Crippen molar-refractivity contribution in [3.05, 3.63) is 54.1 Å². The predicted molar refractivity (Wildman–Crippen MR) is 89.1 cm³/mol. The summed E-state index contributed by atoms with van der Waals surface area (Å²) in [5.74, 6) is -0.927. The van der Waals surface area contributed by atoms with Crippen molar-refractivity contribution in [2.24, 2.45) is 0 Å². The number of benzene rings is 1. The van der Waals surface area contributed by atoms with E-state index in [9.17, 15) is 14.0 Å². The average Bonchev–Trinajstić information content (AvgIpc) is 2.60. The van der Waals surface area contributed by atoms with Crippen LogP contribution in [0.2, 0.25) is 0 Å². The fourth-order valence-electron chi connectivity index (χ4n) is 2.05. The van der Waals surface area contributed by atoms with Crippen LogP contribution in [0.3, 0.4) is 0 Å². The van der Waals surface area contributed by atoms with Crippen LogP contribution in [0.1, 0.15) is 5.56 Å². The standard InChI is InChI=1S/C17H19FN4O3/c1-21(10-13-5-3-6-14(18)9-13)15(23)12-25-16(24)11-22(2)17-19-7-4-8-20-17/h3-9H,10-12H2,1-2H3. The topological polar surface area (TPSA) is 75.6 Å². The third-order valence-corrected chi connectivity index (χ3v) is 3.35. The van der Waals surface area contributed by atoms with Gasteiger partial charge in [0.05, 0.1) is 0 Å². The third kappa shape index (κ3) is 5.83. The van der Waals surface area contributed by atoms with Crippen molar-refractivity contribution < 1.29 is 18.7 Å². The molecule has 0 fully saturated rings. The number of ether oxygens (including phenoxy) is 1. The molecule has 132 valence electrons. The Hall–Kier alpha value is -3.03. The van der Waals surface area contributed by atoms with Gasteiger partial charge in [0.2, 0.25) is 5.95 Å². The van der Waals surface area contributed by atoms with E-state index >= 15 is 0 Å². The first-order valence-electron chi connectivity index (χ1n) is 7.58. The number of amides is 1. The smallest absolute Gasteiger partial charge is 0.326 e. The van der Waals surface area contributed by atoms with Crippen molar-refractivity contribution in [2.45, 2.75) is 6.54 Å². The molecule has 2 aromatic rings. The van der Waals surface area contributed by atoms with E-state index in [2.05, 4.69) is 9.97 Å². The lowest BCUT2D eigenvalue weighted by Crippen LogP contribution is -2.34. The summed E-state index contributed by atoms with van der Waals surface area (Å²) in [6, 6.07) is 7.64. The Morgan fingerprint density at radius 1 is 1.16 bits per heavy atom. The molecule has 0 N–H and O–H groups in total. The highest BCUT2D eigenvalue weighted by Crippen LogP contribution is 2.07. The molecule has 1 heterocycles. The lowest BCUT2D eigenvalue weighted by molar-refractivity contribution is -0.150.